The Morgan fingerprint density at radius 3 is 2.79 bits per heavy atom. The van der Waals surface area contributed by atoms with Crippen LogP contribution in [0.15, 0.2) is 36.5 Å². The second-order valence-corrected chi connectivity index (χ2v) is 7.44. The van der Waals surface area contributed by atoms with Crippen molar-refractivity contribution in [2.75, 3.05) is 32.0 Å². The van der Waals surface area contributed by atoms with Crippen molar-refractivity contribution in [3.8, 4) is 0 Å². The fourth-order valence-corrected chi connectivity index (χ4v) is 4.32. The zero-order chi connectivity index (χ0) is 15.6. The van der Waals surface area contributed by atoms with E-state index in [4.69, 9.17) is 10.5 Å². The number of halogens is 1. The third kappa shape index (κ3) is 3.90. The molecule has 1 aromatic carbocycles. The van der Waals surface area contributed by atoms with Crippen LogP contribution in [-0.4, -0.2) is 53.2 Å². The third-order valence-electron chi connectivity index (χ3n) is 4.67. The van der Waals surface area contributed by atoms with Gasteiger partial charge in [-0.1, -0.05) is 30.3 Å². The molecule has 2 saturated heterocycles. The lowest BCUT2D eigenvalue weighted by molar-refractivity contribution is -0.0504. The normalized spacial score (nSPS) is 24.5. The highest BCUT2D eigenvalue weighted by Gasteiger charge is 2.39. The van der Waals surface area contributed by atoms with E-state index in [2.05, 4.69) is 45.1 Å². The number of morpholine rings is 1. The van der Waals surface area contributed by atoms with Gasteiger partial charge in [0.05, 0.1) is 18.8 Å². The van der Waals surface area contributed by atoms with E-state index >= 15 is 0 Å². The van der Waals surface area contributed by atoms with E-state index in [9.17, 15) is 0 Å². The molecule has 7 heteroatoms. The molecular weight excluding hydrogens is 344 g/mol. The number of thiazole rings is 1. The van der Waals surface area contributed by atoms with Gasteiger partial charge in [0.25, 0.3) is 0 Å². The van der Waals surface area contributed by atoms with Gasteiger partial charge in [-0.25, -0.2) is 4.98 Å². The number of nitrogens with zero attached hydrogens (tertiary/aromatic N) is 3. The Balaban J connectivity index is 0.00000169. The van der Waals surface area contributed by atoms with E-state index in [1.807, 2.05) is 6.20 Å². The highest BCUT2D eigenvalue weighted by molar-refractivity contribution is 7.15. The van der Waals surface area contributed by atoms with Crippen LogP contribution in [0, 0.1) is 0 Å². The van der Waals surface area contributed by atoms with Crippen LogP contribution in [-0.2, 0) is 17.8 Å². The standard InChI is InChI=1S/C17H22N4OS.ClH/c18-17-19-8-14(23-17)10-20-11-15-16(12-20)22-7-6-21(15)9-13-4-2-1-3-5-13;/h1-5,8,15-16H,6-7,9-12H2,(H2,18,19);1H/t15-,16+;/m1./s1. The molecule has 24 heavy (non-hydrogen) atoms. The van der Waals surface area contributed by atoms with Gasteiger partial charge in [0, 0.05) is 43.8 Å². The van der Waals surface area contributed by atoms with Crippen molar-refractivity contribution in [1.82, 2.24) is 14.8 Å². The van der Waals surface area contributed by atoms with E-state index < -0.39 is 0 Å². The first-order chi connectivity index (χ1) is 11.3. The topological polar surface area (TPSA) is 54.6 Å². The van der Waals surface area contributed by atoms with Crippen LogP contribution in [0.1, 0.15) is 10.4 Å². The third-order valence-corrected chi connectivity index (χ3v) is 5.48. The number of rotatable bonds is 4. The van der Waals surface area contributed by atoms with Crippen LogP contribution in [0.2, 0.25) is 0 Å². The van der Waals surface area contributed by atoms with Gasteiger partial charge < -0.3 is 10.5 Å². The Morgan fingerprint density at radius 2 is 2.04 bits per heavy atom. The Labute approximate surface area is 152 Å². The molecule has 4 rings (SSSR count). The lowest BCUT2D eigenvalue weighted by atomic mass is 10.1. The molecule has 1 aromatic heterocycles. The smallest absolute Gasteiger partial charge is 0.180 e. The van der Waals surface area contributed by atoms with Crippen molar-refractivity contribution in [3.05, 3.63) is 47.0 Å². The molecule has 0 spiro atoms. The average Bonchev–Trinajstić information content (AvgIpc) is 3.15. The quantitative estimate of drug-likeness (QED) is 0.899. The molecule has 130 valence electrons. The van der Waals surface area contributed by atoms with Crippen molar-refractivity contribution in [1.29, 1.82) is 0 Å². The summed E-state index contributed by atoms with van der Waals surface area (Å²) in [5.74, 6) is 0. The van der Waals surface area contributed by atoms with Crippen molar-refractivity contribution < 1.29 is 4.74 Å². The molecule has 2 aliphatic heterocycles. The molecule has 2 atom stereocenters. The fourth-order valence-electron chi connectivity index (χ4n) is 3.59. The second kappa shape index (κ2) is 7.80. The summed E-state index contributed by atoms with van der Waals surface area (Å²) in [7, 11) is 0. The van der Waals surface area contributed by atoms with Crippen LogP contribution in [0.25, 0.3) is 0 Å². The summed E-state index contributed by atoms with van der Waals surface area (Å²) >= 11 is 1.58. The number of nitrogens with two attached hydrogens (primary N) is 1. The average molecular weight is 367 g/mol. The zero-order valence-corrected chi connectivity index (χ0v) is 15.1. The van der Waals surface area contributed by atoms with Gasteiger partial charge >= 0.3 is 0 Å². The molecule has 0 amide bonds. The minimum atomic E-state index is 0. The first kappa shape index (κ1) is 17.6. The number of fused-ring (bicyclic) bond motifs is 1. The van der Waals surface area contributed by atoms with Crippen LogP contribution in [0.4, 0.5) is 5.13 Å². The highest BCUT2D eigenvalue weighted by Crippen LogP contribution is 2.27. The number of hydrogen-bond donors (Lipinski definition) is 1. The van der Waals surface area contributed by atoms with E-state index in [-0.39, 0.29) is 12.4 Å². The highest BCUT2D eigenvalue weighted by atomic mass is 35.5. The van der Waals surface area contributed by atoms with Crippen molar-refractivity contribution in [2.24, 2.45) is 0 Å². The van der Waals surface area contributed by atoms with Gasteiger partial charge in [-0.05, 0) is 5.56 Å². The maximum Gasteiger partial charge on any atom is 0.180 e. The number of likely N-dealkylation sites (tertiary alicyclic amines) is 1. The maximum atomic E-state index is 6.02. The molecule has 2 aromatic rings. The number of anilines is 1. The molecule has 0 bridgehead atoms. The molecule has 0 aliphatic carbocycles. The Kier molecular flexibility index (Phi) is 5.73. The Hall–Kier alpha value is -1.18. The summed E-state index contributed by atoms with van der Waals surface area (Å²) in [6.45, 7) is 5.81. The summed E-state index contributed by atoms with van der Waals surface area (Å²) in [4.78, 5) is 10.4. The monoisotopic (exact) mass is 366 g/mol. The number of benzene rings is 1. The van der Waals surface area contributed by atoms with E-state index in [1.54, 1.807) is 11.3 Å². The molecule has 5 nitrogen and oxygen atoms in total. The number of nitrogen functional groups attached to an aromatic ring is 1. The van der Waals surface area contributed by atoms with Gasteiger partial charge in [-0.15, -0.1) is 23.7 Å². The van der Waals surface area contributed by atoms with E-state index in [1.165, 1.54) is 10.4 Å². The molecule has 0 saturated carbocycles. The fraction of sp³-hybridized carbons (Fsp3) is 0.471. The minimum Gasteiger partial charge on any atom is -0.375 e. The van der Waals surface area contributed by atoms with Gasteiger partial charge in [-0.2, -0.15) is 0 Å². The van der Waals surface area contributed by atoms with Crippen molar-refractivity contribution in [3.63, 3.8) is 0 Å². The summed E-state index contributed by atoms with van der Waals surface area (Å²) < 4.78 is 6.02. The molecule has 2 N–H and O–H groups in total. The summed E-state index contributed by atoms with van der Waals surface area (Å²) in [6.07, 6.45) is 2.21. The van der Waals surface area contributed by atoms with Gasteiger partial charge in [0.2, 0.25) is 0 Å². The second-order valence-electron chi connectivity index (χ2n) is 6.29. The number of aromatic nitrogens is 1. The Bertz CT molecular complexity index is 653. The SMILES string of the molecule is Cl.Nc1ncc(CN2C[C@@H]3OCCN(Cc4ccccc4)[C@@H]3C2)s1. The van der Waals surface area contributed by atoms with E-state index in [0.717, 1.165) is 39.3 Å². The lowest BCUT2D eigenvalue weighted by Gasteiger charge is -2.37. The molecule has 2 fully saturated rings. The molecule has 3 heterocycles. The summed E-state index contributed by atoms with van der Waals surface area (Å²) in [5, 5.41) is 0.651. The van der Waals surface area contributed by atoms with Gasteiger partial charge in [0.15, 0.2) is 5.13 Å². The zero-order valence-electron chi connectivity index (χ0n) is 13.5. The molecule has 0 radical (unpaired) electrons. The van der Waals surface area contributed by atoms with Gasteiger partial charge in [0.1, 0.15) is 0 Å². The van der Waals surface area contributed by atoms with Crippen LogP contribution < -0.4 is 5.73 Å². The predicted molar refractivity (Wildman–Crippen MR) is 99.4 cm³/mol. The van der Waals surface area contributed by atoms with Crippen LogP contribution in [0.3, 0.4) is 0 Å². The first-order valence-corrected chi connectivity index (χ1v) is 8.92. The van der Waals surface area contributed by atoms with Crippen molar-refractivity contribution in [2.45, 2.75) is 25.2 Å². The van der Waals surface area contributed by atoms with Crippen molar-refractivity contribution >= 4 is 28.9 Å². The number of hydrogen-bond acceptors (Lipinski definition) is 6. The summed E-state index contributed by atoms with van der Waals surface area (Å²) in [6, 6.07) is 11.2. The van der Waals surface area contributed by atoms with E-state index in [0.29, 0.717) is 17.3 Å². The molecule has 0 unspecified atom stereocenters. The maximum absolute atomic E-state index is 6.02. The first-order valence-electron chi connectivity index (χ1n) is 8.10. The van der Waals surface area contributed by atoms with Crippen LogP contribution >= 0.6 is 23.7 Å². The largest absolute Gasteiger partial charge is 0.375 e. The van der Waals surface area contributed by atoms with Crippen LogP contribution in [0.5, 0.6) is 0 Å². The Morgan fingerprint density at radius 1 is 1.21 bits per heavy atom. The molecular formula is C17H23ClN4OS. The predicted octanol–water partition coefficient (Wildman–Crippen LogP) is 2.23. The minimum absolute atomic E-state index is 0. The van der Waals surface area contributed by atoms with Gasteiger partial charge in [-0.3, -0.25) is 9.80 Å². The molecule has 2 aliphatic rings. The summed E-state index contributed by atoms with van der Waals surface area (Å²) in [5.41, 5.74) is 7.11. The lowest BCUT2D eigenvalue weighted by Crippen LogP contribution is -2.50. The number of ether oxygens (including phenoxy) is 1.